The van der Waals surface area contributed by atoms with Gasteiger partial charge in [0.1, 0.15) is 0 Å². The summed E-state index contributed by atoms with van der Waals surface area (Å²) in [6.45, 7) is 2.61. The fourth-order valence-corrected chi connectivity index (χ4v) is 2.71. The van der Waals surface area contributed by atoms with Crippen molar-refractivity contribution in [2.24, 2.45) is 5.73 Å². The fraction of sp³-hybridized carbons (Fsp3) is 0.533. The van der Waals surface area contributed by atoms with E-state index in [1.54, 1.807) is 17.0 Å². The van der Waals surface area contributed by atoms with Gasteiger partial charge in [0, 0.05) is 18.6 Å². The Balaban J connectivity index is 0.00000200. The van der Waals surface area contributed by atoms with E-state index in [9.17, 15) is 9.90 Å². The van der Waals surface area contributed by atoms with Crippen molar-refractivity contribution in [2.75, 3.05) is 6.54 Å². The van der Waals surface area contributed by atoms with Crippen molar-refractivity contribution in [1.82, 2.24) is 4.90 Å². The first-order valence-electron chi connectivity index (χ1n) is 6.90. The van der Waals surface area contributed by atoms with Crippen molar-refractivity contribution in [3.63, 3.8) is 0 Å². The highest BCUT2D eigenvalue weighted by Gasteiger charge is 2.32. The van der Waals surface area contributed by atoms with E-state index in [-0.39, 0.29) is 30.4 Å². The summed E-state index contributed by atoms with van der Waals surface area (Å²) in [6.07, 6.45) is 1.92. The van der Waals surface area contributed by atoms with Gasteiger partial charge in [-0.2, -0.15) is 0 Å². The summed E-state index contributed by atoms with van der Waals surface area (Å²) in [5.74, 6) is -0.229. The summed E-state index contributed by atoms with van der Waals surface area (Å²) in [5, 5.41) is 10.2. The third-order valence-electron chi connectivity index (χ3n) is 3.79. The maximum Gasteiger partial charge on any atom is 0.256 e. The van der Waals surface area contributed by atoms with Crippen LogP contribution >= 0.6 is 12.4 Å². The topological polar surface area (TPSA) is 66.6 Å². The van der Waals surface area contributed by atoms with Crippen LogP contribution in [0.2, 0.25) is 0 Å². The number of amides is 1. The molecule has 3 atom stereocenters. The summed E-state index contributed by atoms with van der Waals surface area (Å²) >= 11 is 0. The number of carbonyl (C=O) groups excluding carboxylic acids is 1. The molecule has 1 amide bonds. The van der Waals surface area contributed by atoms with Gasteiger partial charge in [0.25, 0.3) is 5.91 Å². The van der Waals surface area contributed by atoms with Crippen LogP contribution in [0.15, 0.2) is 30.3 Å². The second kappa shape index (κ2) is 7.62. The van der Waals surface area contributed by atoms with Gasteiger partial charge in [-0.3, -0.25) is 4.79 Å². The van der Waals surface area contributed by atoms with Crippen molar-refractivity contribution in [1.29, 1.82) is 0 Å². The Morgan fingerprint density at radius 3 is 2.60 bits per heavy atom. The molecule has 1 aromatic rings. The normalized spacial score (nSPS) is 21.8. The molecule has 1 aliphatic heterocycles. The average Bonchev–Trinajstić information content (AvgIpc) is 2.46. The van der Waals surface area contributed by atoms with Gasteiger partial charge in [-0.15, -0.1) is 12.4 Å². The van der Waals surface area contributed by atoms with Gasteiger partial charge in [-0.05, 0) is 31.7 Å². The molecule has 0 aliphatic carbocycles. The number of carbonyl (C=O) groups is 1. The second-order valence-corrected chi connectivity index (χ2v) is 5.27. The van der Waals surface area contributed by atoms with E-state index in [4.69, 9.17) is 5.73 Å². The predicted molar refractivity (Wildman–Crippen MR) is 81.7 cm³/mol. The van der Waals surface area contributed by atoms with E-state index >= 15 is 0 Å². The Kier molecular flexibility index (Phi) is 6.46. The molecule has 5 heteroatoms. The van der Waals surface area contributed by atoms with Crippen molar-refractivity contribution < 1.29 is 9.90 Å². The Labute approximate surface area is 126 Å². The van der Waals surface area contributed by atoms with Gasteiger partial charge >= 0.3 is 0 Å². The third kappa shape index (κ3) is 3.72. The molecule has 0 radical (unpaired) electrons. The van der Waals surface area contributed by atoms with Gasteiger partial charge in [-0.25, -0.2) is 0 Å². The molecule has 2 rings (SSSR count). The molecule has 0 aromatic heterocycles. The van der Waals surface area contributed by atoms with E-state index in [2.05, 4.69) is 0 Å². The zero-order valence-corrected chi connectivity index (χ0v) is 12.6. The molecule has 112 valence electrons. The molecular weight excluding hydrogens is 276 g/mol. The Morgan fingerprint density at radius 2 is 2.00 bits per heavy atom. The van der Waals surface area contributed by atoms with E-state index in [1.807, 2.05) is 25.1 Å². The monoisotopic (exact) mass is 298 g/mol. The lowest BCUT2D eigenvalue weighted by atomic mass is 9.95. The van der Waals surface area contributed by atoms with Crippen LogP contribution in [-0.4, -0.2) is 34.5 Å². The molecule has 1 aromatic carbocycles. The lowest BCUT2D eigenvalue weighted by Gasteiger charge is -2.39. The summed E-state index contributed by atoms with van der Waals surface area (Å²) in [4.78, 5) is 14.2. The highest BCUT2D eigenvalue weighted by molar-refractivity contribution is 5.85. The van der Waals surface area contributed by atoms with E-state index in [0.717, 1.165) is 19.3 Å². The number of hydrogen-bond donors (Lipinski definition) is 2. The van der Waals surface area contributed by atoms with Gasteiger partial charge in [0.15, 0.2) is 6.10 Å². The van der Waals surface area contributed by atoms with Crippen LogP contribution in [-0.2, 0) is 4.79 Å². The number of halogens is 1. The zero-order valence-electron chi connectivity index (χ0n) is 11.7. The van der Waals surface area contributed by atoms with Crippen molar-refractivity contribution in [3.05, 3.63) is 35.9 Å². The van der Waals surface area contributed by atoms with E-state index < -0.39 is 6.10 Å². The summed E-state index contributed by atoms with van der Waals surface area (Å²) in [5.41, 5.74) is 6.60. The quantitative estimate of drug-likeness (QED) is 0.895. The second-order valence-electron chi connectivity index (χ2n) is 5.27. The molecule has 4 nitrogen and oxygen atoms in total. The van der Waals surface area contributed by atoms with E-state index in [1.165, 1.54) is 0 Å². The van der Waals surface area contributed by atoms with Crippen LogP contribution < -0.4 is 5.73 Å². The van der Waals surface area contributed by atoms with Crippen LogP contribution in [0, 0.1) is 0 Å². The lowest BCUT2D eigenvalue weighted by Crippen LogP contribution is -2.53. The molecule has 1 heterocycles. The first kappa shape index (κ1) is 17.0. The number of aliphatic hydroxyl groups is 1. The van der Waals surface area contributed by atoms with Gasteiger partial charge < -0.3 is 15.7 Å². The van der Waals surface area contributed by atoms with Crippen molar-refractivity contribution in [2.45, 2.75) is 44.4 Å². The first-order valence-corrected chi connectivity index (χ1v) is 6.90. The number of rotatable bonds is 3. The number of aliphatic hydroxyl groups excluding tert-OH is 1. The summed E-state index contributed by atoms with van der Waals surface area (Å²) in [7, 11) is 0. The molecule has 3 unspecified atom stereocenters. The molecule has 1 fully saturated rings. The fourth-order valence-electron chi connectivity index (χ4n) is 2.71. The third-order valence-corrected chi connectivity index (χ3v) is 3.79. The predicted octanol–water partition coefficient (Wildman–Crippen LogP) is 1.87. The van der Waals surface area contributed by atoms with Crippen LogP contribution in [0.1, 0.15) is 37.9 Å². The minimum atomic E-state index is -1.08. The number of nitrogens with two attached hydrogens (primary N) is 1. The molecule has 0 bridgehead atoms. The maximum atomic E-state index is 12.4. The molecule has 20 heavy (non-hydrogen) atoms. The molecule has 0 spiro atoms. The number of benzene rings is 1. The van der Waals surface area contributed by atoms with Gasteiger partial charge in [0.2, 0.25) is 0 Å². The number of likely N-dealkylation sites (tertiary alicyclic amines) is 1. The standard InChI is InChI=1S/C15H22N2O2.ClH/c1-11(16)13-9-5-6-10-17(13)15(19)14(18)12-7-3-2-4-8-12;/h2-4,7-8,11,13-14,18H,5-6,9-10,16H2,1H3;1H. The van der Waals surface area contributed by atoms with Crippen LogP contribution in [0.3, 0.4) is 0 Å². The lowest BCUT2D eigenvalue weighted by molar-refractivity contribution is -0.144. The minimum Gasteiger partial charge on any atom is -0.378 e. The molecule has 1 aliphatic rings. The van der Waals surface area contributed by atoms with Crippen LogP contribution in [0.25, 0.3) is 0 Å². The summed E-state index contributed by atoms with van der Waals surface area (Å²) in [6, 6.07) is 9.04. The summed E-state index contributed by atoms with van der Waals surface area (Å²) < 4.78 is 0. The van der Waals surface area contributed by atoms with Gasteiger partial charge in [0.05, 0.1) is 0 Å². The zero-order chi connectivity index (χ0) is 13.8. The van der Waals surface area contributed by atoms with Crippen LogP contribution in [0.5, 0.6) is 0 Å². The minimum absolute atomic E-state index is 0. The number of piperidine rings is 1. The highest BCUT2D eigenvalue weighted by atomic mass is 35.5. The molecular formula is C15H23ClN2O2. The molecule has 1 saturated heterocycles. The Hall–Kier alpha value is -1.10. The largest absolute Gasteiger partial charge is 0.378 e. The van der Waals surface area contributed by atoms with E-state index in [0.29, 0.717) is 12.1 Å². The number of nitrogens with zero attached hydrogens (tertiary/aromatic N) is 1. The highest BCUT2D eigenvalue weighted by Crippen LogP contribution is 2.24. The van der Waals surface area contributed by atoms with Crippen molar-refractivity contribution in [3.8, 4) is 0 Å². The molecule has 3 N–H and O–H groups in total. The Bertz CT molecular complexity index is 425. The smallest absolute Gasteiger partial charge is 0.256 e. The number of hydrogen-bond acceptors (Lipinski definition) is 3. The SMILES string of the molecule is CC(N)C1CCCCN1C(=O)C(O)c1ccccc1.Cl. The van der Waals surface area contributed by atoms with Crippen LogP contribution in [0.4, 0.5) is 0 Å². The molecule has 0 saturated carbocycles. The maximum absolute atomic E-state index is 12.4. The first-order chi connectivity index (χ1) is 9.11. The average molecular weight is 299 g/mol. The Morgan fingerprint density at radius 1 is 1.35 bits per heavy atom. The van der Waals surface area contributed by atoms with Gasteiger partial charge in [-0.1, -0.05) is 30.3 Å². The van der Waals surface area contributed by atoms with Crippen molar-refractivity contribution >= 4 is 18.3 Å².